The van der Waals surface area contributed by atoms with Crippen molar-refractivity contribution in [1.82, 2.24) is 5.32 Å². The van der Waals surface area contributed by atoms with E-state index in [2.05, 4.69) is 5.32 Å². The van der Waals surface area contributed by atoms with Crippen molar-refractivity contribution in [3.63, 3.8) is 0 Å². The first-order valence-corrected chi connectivity index (χ1v) is 6.47. The van der Waals surface area contributed by atoms with E-state index in [1.165, 1.54) is 6.07 Å². The van der Waals surface area contributed by atoms with E-state index in [0.717, 1.165) is 23.8 Å². The third kappa shape index (κ3) is 3.02. The van der Waals surface area contributed by atoms with Crippen LogP contribution in [0.5, 0.6) is 0 Å². The molecule has 0 saturated heterocycles. The van der Waals surface area contributed by atoms with Crippen molar-refractivity contribution in [2.75, 3.05) is 6.54 Å². The Kier molecular flexibility index (Phi) is 4.45. The number of benzene rings is 2. The predicted molar refractivity (Wildman–Crippen MR) is 73.0 cm³/mol. The Labute approximate surface area is 116 Å². The fourth-order valence-corrected chi connectivity index (χ4v) is 2.19. The highest BCUT2D eigenvalue weighted by molar-refractivity contribution is 5.35. The highest BCUT2D eigenvalue weighted by Crippen LogP contribution is 2.27. The van der Waals surface area contributed by atoms with Crippen LogP contribution in [0.2, 0.25) is 0 Å². The molecule has 1 atom stereocenters. The van der Waals surface area contributed by atoms with E-state index < -0.39 is 23.5 Å². The zero-order valence-electron chi connectivity index (χ0n) is 11.4. The molecule has 2 rings (SSSR count). The minimum atomic E-state index is -0.712. The van der Waals surface area contributed by atoms with Gasteiger partial charge in [-0.3, -0.25) is 0 Å². The SMILES string of the molecule is CCNC(c1ccc(C)cc1F)c1cc(F)ccc1F. The molecule has 106 valence electrons. The van der Waals surface area contributed by atoms with Crippen molar-refractivity contribution < 1.29 is 13.2 Å². The van der Waals surface area contributed by atoms with Gasteiger partial charge in [-0.05, 0) is 43.3 Å². The summed E-state index contributed by atoms with van der Waals surface area (Å²) in [5.41, 5.74) is 1.19. The second-order valence-electron chi connectivity index (χ2n) is 4.68. The van der Waals surface area contributed by atoms with E-state index >= 15 is 0 Å². The summed E-state index contributed by atoms with van der Waals surface area (Å²) < 4.78 is 41.3. The first-order chi connectivity index (χ1) is 9.52. The Morgan fingerprint density at radius 3 is 2.35 bits per heavy atom. The summed E-state index contributed by atoms with van der Waals surface area (Å²) in [5, 5.41) is 3.00. The summed E-state index contributed by atoms with van der Waals surface area (Å²) in [6.07, 6.45) is 0. The summed E-state index contributed by atoms with van der Waals surface area (Å²) in [7, 11) is 0. The number of hydrogen-bond donors (Lipinski definition) is 1. The summed E-state index contributed by atoms with van der Waals surface area (Å²) in [5.74, 6) is -1.53. The fourth-order valence-electron chi connectivity index (χ4n) is 2.19. The Morgan fingerprint density at radius 1 is 0.950 bits per heavy atom. The maximum Gasteiger partial charge on any atom is 0.128 e. The molecule has 0 heterocycles. The maximum atomic E-state index is 14.1. The van der Waals surface area contributed by atoms with Gasteiger partial charge < -0.3 is 5.32 Å². The predicted octanol–water partition coefficient (Wildman–Crippen LogP) is 4.11. The number of hydrogen-bond acceptors (Lipinski definition) is 1. The van der Waals surface area contributed by atoms with E-state index in [1.807, 2.05) is 6.92 Å². The molecular weight excluding hydrogens is 263 g/mol. The molecule has 0 fully saturated rings. The Hall–Kier alpha value is -1.81. The molecule has 0 aliphatic heterocycles. The monoisotopic (exact) mass is 279 g/mol. The lowest BCUT2D eigenvalue weighted by Crippen LogP contribution is -2.24. The lowest BCUT2D eigenvalue weighted by molar-refractivity contribution is 0.522. The fraction of sp³-hybridized carbons (Fsp3) is 0.250. The smallest absolute Gasteiger partial charge is 0.128 e. The van der Waals surface area contributed by atoms with Gasteiger partial charge in [0, 0.05) is 11.1 Å². The van der Waals surface area contributed by atoms with E-state index in [-0.39, 0.29) is 5.56 Å². The lowest BCUT2D eigenvalue weighted by atomic mass is 9.96. The zero-order chi connectivity index (χ0) is 14.7. The van der Waals surface area contributed by atoms with Crippen LogP contribution in [0.15, 0.2) is 36.4 Å². The number of aryl methyl sites for hydroxylation is 1. The summed E-state index contributed by atoms with van der Waals surface area (Å²) >= 11 is 0. The van der Waals surface area contributed by atoms with Crippen molar-refractivity contribution in [2.24, 2.45) is 0 Å². The van der Waals surface area contributed by atoms with Gasteiger partial charge in [0.15, 0.2) is 0 Å². The second kappa shape index (κ2) is 6.09. The van der Waals surface area contributed by atoms with Gasteiger partial charge >= 0.3 is 0 Å². The van der Waals surface area contributed by atoms with Crippen LogP contribution in [0.3, 0.4) is 0 Å². The lowest BCUT2D eigenvalue weighted by Gasteiger charge is -2.20. The Bertz CT molecular complexity index is 611. The van der Waals surface area contributed by atoms with Crippen LogP contribution in [-0.2, 0) is 0 Å². The average Bonchev–Trinajstić information content (AvgIpc) is 2.40. The van der Waals surface area contributed by atoms with E-state index in [4.69, 9.17) is 0 Å². The van der Waals surface area contributed by atoms with Crippen LogP contribution in [0.1, 0.15) is 29.7 Å². The molecule has 0 spiro atoms. The van der Waals surface area contributed by atoms with Gasteiger partial charge in [-0.2, -0.15) is 0 Å². The normalized spacial score (nSPS) is 12.4. The topological polar surface area (TPSA) is 12.0 Å². The third-order valence-corrected chi connectivity index (χ3v) is 3.14. The highest BCUT2D eigenvalue weighted by atomic mass is 19.1. The van der Waals surface area contributed by atoms with Crippen LogP contribution in [-0.4, -0.2) is 6.54 Å². The molecule has 0 bridgehead atoms. The molecule has 4 heteroatoms. The summed E-state index contributed by atoms with van der Waals surface area (Å²) in [6, 6.07) is 7.23. The zero-order valence-corrected chi connectivity index (χ0v) is 11.4. The quantitative estimate of drug-likeness (QED) is 0.888. The average molecular weight is 279 g/mol. The van der Waals surface area contributed by atoms with Crippen LogP contribution < -0.4 is 5.32 Å². The molecule has 1 unspecified atom stereocenters. The highest BCUT2D eigenvalue weighted by Gasteiger charge is 2.20. The van der Waals surface area contributed by atoms with Gasteiger partial charge in [-0.25, -0.2) is 13.2 Å². The largest absolute Gasteiger partial charge is 0.306 e. The molecule has 0 aliphatic carbocycles. The minimum absolute atomic E-state index is 0.106. The molecule has 20 heavy (non-hydrogen) atoms. The summed E-state index contributed by atoms with van der Waals surface area (Å²) in [6.45, 7) is 4.11. The van der Waals surface area contributed by atoms with Crippen LogP contribution >= 0.6 is 0 Å². The van der Waals surface area contributed by atoms with Crippen molar-refractivity contribution in [3.05, 3.63) is 70.5 Å². The number of rotatable bonds is 4. The molecule has 1 nitrogen and oxygen atoms in total. The van der Waals surface area contributed by atoms with Crippen molar-refractivity contribution >= 4 is 0 Å². The van der Waals surface area contributed by atoms with Gasteiger partial charge in [0.1, 0.15) is 17.5 Å². The maximum absolute atomic E-state index is 14.1. The first kappa shape index (κ1) is 14.6. The van der Waals surface area contributed by atoms with E-state index in [0.29, 0.717) is 12.1 Å². The molecule has 1 N–H and O–H groups in total. The molecule has 0 aromatic heterocycles. The van der Waals surface area contributed by atoms with Crippen LogP contribution in [0.4, 0.5) is 13.2 Å². The first-order valence-electron chi connectivity index (χ1n) is 6.47. The van der Waals surface area contributed by atoms with Crippen molar-refractivity contribution in [1.29, 1.82) is 0 Å². The van der Waals surface area contributed by atoms with Gasteiger partial charge in [0.2, 0.25) is 0 Å². The van der Waals surface area contributed by atoms with Crippen molar-refractivity contribution in [3.8, 4) is 0 Å². The molecular formula is C16H16F3N. The number of nitrogens with one attached hydrogen (secondary N) is 1. The second-order valence-corrected chi connectivity index (χ2v) is 4.68. The Balaban J connectivity index is 2.53. The van der Waals surface area contributed by atoms with E-state index in [1.54, 1.807) is 19.1 Å². The van der Waals surface area contributed by atoms with Gasteiger partial charge in [-0.1, -0.05) is 19.1 Å². The van der Waals surface area contributed by atoms with Crippen LogP contribution in [0.25, 0.3) is 0 Å². The molecule has 0 radical (unpaired) electrons. The molecule has 0 saturated carbocycles. The van der Waals surface area contributed by atoms with Crippen molar-refractivity contribution in [2.45, 2.75) is 19.9 Å². The van der Waals surface area contributed by atoms with Gasteiger partial charge in [0.05, 0.1) is 6.04 Å². The molecule has 2 aromatic carbocycles. The Morgan fingerprint density at radius 2 is 1.70 bits per heavy atom. The van der Waals surface area contributed by atoms with Gasteiger partial charge in [-0.15, -0.1) is 0 Å². The number of halogens is 3. The molecule has 0 aliphatic rings. The molecule has 0 amide bonds. The van der Waals surface area contributed by atoms with E-state index in [9.17, 15) is 13.2 Å². The summed E-state index contributed by atoms with van der Waals surface area (Å²) in [4.78, 5) is 0. The standard InChI is InChI=1S/C16H16F3N/c1-3-20-16(12-6-4-10(2)8-15(12)19)13-9-11(17)5-7-14(13)18/h4-9,16,20H,3H2,1-2H3. The van der Waals surface area contributed by atoms with Gasteiger partial charge in [0.25, 0.3) is 0 Å². The molecule has 2 aromatic rings. The minimum Gasteiger partial charge on any atom is -0.306 e. The third-order valence-electron chi connectivity index (χ3n) is 3.14. The van der Waals surface area contributed by atoms with Crippen LogP contribution in [0, 0.1) is 24.4 Å².